The molecule has 1 aliphatic carbocycles. The standard InChI is InChI=1S/C25H31N3O6/c1-25(2,3)34-24(32)27-21(23(31)28-33)18(13-15-9-5-4-6-10-15)22(30)26-20-17-12-8-7-11-16(17)14-19(20)29/h4-12,18-21,29,33H,13-14H2,1-3H3,(H,26,30)(H,27,32)(H,28,31)/t18-,19-,20+,21+/m1/s1. The van der Waals surface area contributed by atoms with E-state index in [1.54, 1.807) is 45.0 Å². The van der Waals surface area contributed by atoms with Crippen molar-refractivity contribution in [3.8, 4) is 0 Å². The molecule has 4 atom stereocenters. The van der Waals surface area contributed by atoms with E-state index in [1.165, 1.54) is 5.48 Å². The number of fused-ring (bicyclic) bond motifs is 1. The van der Waals surface area contributed by atoms with Gasteiger partial charge in [-0.2, -0.15) is 0 Å². The van der Waals surface area contributed by atoms with Gasteiger partial charge in [-0.25, -0.2) is 10.3 Å². The maximum absolute atomic E-state index is 13.5. The summed E-state index contributed by atoms with van der Waals surface area (Å²) in [5, 5.41) is 25.2. The molecule has 0 radical (unpaired) electrons. The van der Waals surface area contributed by atoms with Crippen molar-refractivity contribution in [2.24, 2.45) is 5.92 Å². The molecule has 0 aliphatic heterocycles. The Bertz CT molecular complexity index is 1020. The van der Waals surface area contributed by atoms with E-state index in [9.17, 15) is 24.7 Å². The van der Waals surface area contributed by atoms with Gasteiger partial charge in [0.05, 0.1) is 18.1 Å². The van der Waals surface area contributed by atoms with Gasteiger partial charge in [0.1, 0.15) is 11.6 Å². The van der Waals surface area contributed by atoms with Crippen LogP contribution in [0.3, 0.4) is 0 Å². The molecule has 3 amide bonds. The van der Waals surface area contributed by atoms with Crippen molar-refractivity contribution >= 4 is 17.9 Å². The Hall–Kier alpha value is -3.43. The molecule has 9 nitrogen and oxygen atoms in total. The SMILES string of the molecule is CC(C)(C)OC(=O)N[C@H](C(=O)NO)[C@@H](Cc1ccccc1)C(=O)N[C@H]1c2ccccc2C[C@H]1O. The maximum atomic E-state index is 13.5. The van der Waals surface area contributed by atoms with E-state index in [2.05, 4.69) is 10.6 Å². The molecule has 2 aromatic carbocycles. The lowest BCUT2D eigenvalue weighted by atomic mass is 9.90. The number of carbonyl (C=O) groups excluding carboxylic acids is 3. The second-order valence-corrected chi connectivity index (χ2v) is 9.35. The smallest absolute Gasteiger partial charge is 0.408 e. The van der Waals surface area contributed by atoms with Gasteiger partial charge >= 0.3 is 6.09 Å². The number of ether oxygens (including phenoxy) is 1. The summed E-state index contributed by atoms with van der Waals surface area (Å²) in [6.45, 7) is 5.00. The Morgan fingerprint density at radius 2 is 1.68 bits per heavy atom. The lowest BCUT2D eigenvalue weighted by Gasteiger charge is -2.29. The fraction of sp³-hybridized carbons (Fsp3) is 0.400. The Labute approximate surface area is 198 Å². The number of benzene rings is 2. The van der Waals surface area contributed by atoms with Crippen LogP contribution in [0.4, 0.5) is 4.79 Å². The van der Waals surface area contributed by atoms with Crippen LogP contribution in [0.25, 0.3) is 0 Å². The van der Waals surface area contributed by atoms with E-state index in [1.807, 2.05) is 30.3 Å². The molecule has 0 spiro atoms. The first-order valence-electron chi connectivity index (χ1n) is 11.1. The molecule has 0 saturated carbocycles. The highest BCUT2D eigenvalue weighted by Crippen LogP contribution is 2.32. The maximum Gasteiger partial charge on any atom is 0.408 e. The molecule has 3 rings (SSSR count). The zero-order valence-corrected chi connectivity index (χ0v) is 19.4. The van der Waals surface area contributed by atoms with Crippen LogP contribution in [0.5, 0.6) is 0 Å². The molecule has 0 saturated heterocycles. The molecule has 0 heterocycles. The molecule has 1 aliphatic rings. The van der Waals surface area contributed by atoms with Crippen LogP contribution in [0, 0.1) is 5.92 Å². The lowest BCUT2D eigenvalue weighted by molar-refractivity contribution is -0.138. The highest BCUT2D eigenvalue weighted by Gasteiger charge is 2.39. The summed E-state index contributed by atoms with van der Waals surface area (Å²) in [7, 11) is 0. The van der Waals surface area contributed by atoms with Crippen LogP contribution in [-0.2, 0) is 27.2 Å². The molecule has 0 bridgehead atoms. The number of alkyl carbamates (subject to hydrolysis) is 1. The number of amides is 3. The summed E-state index contributed by atoms with van der Waals surface area (Å²) >= 11 is 0. The van der Waals surface area contributed by atoms with Gasteiger partial charge < -0.3 is 20.5 Å². The van der Waals surface area contributed by atoms with Gasteiger partial charge in [0, 0.05) is 6.42 Å². The Morgan fingerprint density at radius 3 is 2.32 bits per heavy atom. The molecular formula is C25H31N3O6. The fourth-order valence-corrected chi connectivity index (χ4v) is 4.09. The van der Waals surface area contributed by atoms with Crippen molar-refractivity contribution < 1.29 is 29.4 Å². The third kappa shape index (κ3) is 6.33. The van der Waals surface area contributed by atoms with Gasteiger partial charge in [-0.1, -0.05) is 54.6 Å². The number of hydrogen-bond acceptors (Lipinski definition) is 6. The van der Waals surface area contributed by atoms with Crippen LogP contribution in [0.2, 0.25) is 0 Å². The number of aliphatic hydroxyl groups is 1. The summed E-state index contributed by atoms with van der Waals surface area (Å²) in [6.07, 6.45) is -1.26. The molecule has 0 fully saturated rings. The first-order chi connectivity index (χ1) is 16.1. The monoisotopic (exact) mass is 469 g/mol. The largest absolute Gasteiger partial charge is 0.444 e. The molecule has 5 N–H and O–H groups in total. The highest BCUT2D eigenvalue weighted by molar-refractivity contribution is 5.92. The van der Waals surface area contributed by atoms with E-state index in [4.69, 9.17) is 4.74 Å². The minimum absolute atomic E-state index is 0.0883. The van der Waals surface area contributed by atoms with Gasteiger partial charge in [0.2, 0.25) is 5.91 Å². The van der Waals surface area contributed by atoms with Crippen LogP contribution < -0.4 is 16.1 Å². The van der Waals surface area contributed by atoms with Crippen molar-refractivity contribution in [2.45, 2.75) is 57.4 Å². The quantitative estimate of drug-likeness (QED) is 0.311. The second-order valence-electron chi connectivity index (χ2n) is 9.35. The zero-order valence-electron chi connectivity index (χ0n) is 19.4. The third-order valence-corrected chi connectivity index (χ3v) is 5.60. The summed E-state index contributed by atoms with van der Waals surface area (Å²) in [4.78, 5) is 38.6. The fourth-order valence-electron chi connectivity index (χ4n) is 4.09. The second kappa shape index (κ2) is 10.7. The van der Waals surface area contributed by atoms with Crippen molar-refractivity contribution in [3.05, 3.63) is 71.3 Å². The minimum Gasteiger partial charge on any atom is -0.444 e. The molecule has 0 aromatic heterocycles. The van der Waals surface area contributed by atoms with Crippen LogP contribution in [-0.4, -0.2) is 46.0 Å². The van der Waals surface area contributed by atoms with Crippen LogP contribution >= 0.6 is 0 Å². The number of hydrogen-bond donors (Lipinski definition) is 5. The normalized spacial score (nSPS) is 18.9. The van der Waals surface area contributed by atoms with E-state index < -0.39 is 47.6 Å². The average molecular weight is 470 g/mol. The molecule has 0 unspecified atom stereocenters. The Morgan fingerprint density at radius 1 is 1.03 bits per heavy atom. The number of hydroxylamine groups is 1. The van der Waals surface area contributed by atoms with Crippen molar-refractivity contribution in [1.29, 1.82) is 0 Å². The van der Waals surface area contributed by atoms with Gasteiger partial charge in [-0.05, 0) is 43.9 Å². The summed E-state index contributed by atoms with van der Waals surface area (Å²) < 4.78 is 5.26. The molecule has 9 heteroatoms. The Balaban J connectivity index is 1.90. The van der Waals surface area contributed by atoms with Crippen molar-refractivity contribution in [2.75, 3.05) is 0 Å². The topological polar surface area (TPSA) is 137 Å². The number of carbonyl (C=O) groups is 3. The van der Waals surface area contributed by atoms with E-state index in [0.717, 1.165) is 16.7 Å². The lowest BCUT2D eigenvalue weighted by Crippen LogP contribution is -2.56. The van der Waals surface area contributed by atoms with Gasteiger partial charge in [0.15, 0.2) is 0 Å². The first-order valence-corrected chi connectivity index (χ1v) is 11.1. The van der Waals surface area contributed by atoms with E-state index in [-0.39, 0.29) is 6.42 Å². The highest BCUT2D eigenvalue weighted by atomic mass is 16.6. The average Bonchev–Trinajstić information content (AvgIpc) is 3.10. The summed E-state index contributed by atoms with van der Waals surface area (Å²) in [6, 6.07) is 14.3. The molecule has 182 valence electrons. The van der Waals surface area contributed by atoms with Crippen LogP contribution in [0.15, 0.2) is 54.6 Å². The van der Waals surface area contributed by atoms with Gasteiger partial charge in [-0.3, -0.25) is 14.8 Å². The predicted octanol–water partition coefficient (Wildman–Crippen LogP) is 2.02. The van der Waals surface area contributed by atoms with Crippen LogP contribution in [0.1, 0.15) is 43.5 Å². The zero-order chi connectivity index (χ0) is 24.9. The minimum atomic E-state index is -1.44. The van der Waals surface area contributed by atoms with Crippen molar-refractivity contribution in [3.63, 3.8) is 0 Å². The van der Waals surface area contributed by atoms with Gasteiger partial charge in [-0.15, -0.1) is 0 Å². The van der Waals surface area contributed by atoms with Gasteiger partial charge in [0.25, 0.3) is 5.91 Å². The number of aliphatic hydroxyl groups excluding tert-OH is 1. The molecule has 2 aromatic rings. The van der Waals surface area contributed by atoms with Crippen molar-refractivity contribution in [1.82, 2.24) is 16.1 Å². The van der Waals surface area contributed by atoms with E-state index >= 15 is 0 Å². The number of rotatable bonds is 7. The molecule has 34 heavy (non-hydrogen) atoms. The van der Waals surface area contributed by atoms with E-state index in [0.29, 0.717) is 6.42 Å². The summed E-state index contributed by atoms with van der Waals surface area (Å²) in [5.41, 5.74) is 3.17. The number of nitrogens with one attached hydrogen (secondary N) is 3. The Kier molecular flexibility index (Phi) is 7.90. The molecular weight excluding hydrogens is 438 g/mol. The summed E-state index contributed by atoms with van der Waals surface area (Å²) in [5.74, 6) is -2.63. The first kappa shape index (κ1) is 25.2. The third-order valence-electron chi connectivity index (χ3n) is 5.60. The predicted molar refractivity (Wildman–Crippen MR) is 124 cm³/mol.